The van der Waals surface area contributed by atoms with Gasteiger partial charge in [-0.25, -0.2) is 4.79 Å². The Morgan fingerprint density at radius 2 is 1.77 bits per heavy atom. The third-order valence-corrected chi connectivity index (χ3v) is 4.72. The minimum Gasteiger partial charge on any atom is -0.329 e. The lowest BCUT2D eigenvalue weighted by Crippen LogP contribution is -2.34. The molecule has 0 radical (unpaired) electrons. The number of nitrogens with one attached hydrogen (secondary N) is 2. The topological polar surface area (TPSA) is 54.0 Å². The van der Waals surface area contributed by atoms with Gasteiger partial charge in [0.2, 0.25) is 0 Å². The molecule has 3 rings (SSSR count). The van der Waals surface area contributed by atoms with Crippen LogP contribution in [0.1, 0.15) is 22.9 Å². The SMILES string of the molecule is Cc1ccc(CC(NC(=O)Nc2ccccc2Br)c2ccccn2)cc1. The first kappa shape index (κ1) is 18.1. The summed E-state index contributed by atoms with van der Waals surface area (Å²) >= 11 is 3.44. The van der Waals surface area contributed by atoms with E-state index in [2.05, 4.69) is 62.7 Å². The molecule has 0 aliphatic heterocycles. The summed E-state index contributed by atoms with van der Waals surface area (Å²) in [6.07, 6.45) is 2.41. The van der Waals surface area contributed by atoms with Crippen LogP contribution in [-0.2, 0) is 6.42 Å². The molecule has 4 nitrogen and oxygen atoms in total. The first-order valence-corrected chi connectivity index (χ1v) is 9.19. The molecule has 2 amide bonds. The van der Waals surface area contributed by atoms with Crippen LogP contribution in [0.5, 0.6) is 0 Å². The Hall–Kier alpha value is -2.66. The van der Waals surface area contributed by atoms with Crippen LogP contribution in [0.4, 0.5) is 10.5 Å². The molecule has 1 heterocycles. The van der Waals surface area contributed by atoms with E-state index in [0.717, 1.165) is 21.4 Å². The van der Waals surface area contributed by atoms with Gasteiger partial charge in [0, 0.05) is 10.7 Å². The molecule has 0 fully saturated rings. The number of halogens is 1. The predicted molar refractivity (Wildman–Crippen MR) is 108 cm³/mol. The van der Waals surface area contributed by atoms with Crippen LogP contribution >= 0.6 is 15.9 Å². The summed E-state index contributed by atoms with van der Waals surface area (Å²) in [5.74, 6) is 0. The van der Waals surface area contributed by atoms with Crippen molar-refractivity contribution in [1.82, 2.24) is 10.3 Å². The summed E-state index contributed by atoms with van der Waals surface area (Å²) in [4.78, 5) is 16.9. The van der Waals surface area contributed by atoms with E-state index in [4.69, 9.17) is 0 Å². The molecule has 0 spiro atoms. The van der Waals surface area contributed by atoms with Gasteiger partial charge in [-0.15, -0.1) is 0 Å². The zero-order valence-corrected chi connectivity index (χ0v) is 16.0. The molecule has 0 aliphatic carbocycles. The number of rotatable bonds is 5. The molecule has 132 valence electrons. The number of hydrogen-bond acceptors (Lipinski definition) is 2. The van der Waals surface area contributed by atoms with Crippen molar-refractivity contribution in [3.63, 3.8) is 0 Å². The van der Waals surface area contributed by atoms with Crippen molar-refractivity contribution in [1.29, 1.82) is 0 Å². The second-order valence-electron chi connectivity index (χ2n) is 6.08. The highest BCUT2D eigenvalue weighted by molar-refractivity contribution is 9.10. The molecule has 0 saturated carbocycles. The van der Waals surface area contributed by atoms with Crippen molar-refractivity contribution >= 4 is 27.6 Å². The van der Waals surface area contributed by atoms with E-state index in [0.29, 0.717) is 6.42 Å². The number of para-hydroxylation sites is 1. The van der Waals surface area contributed by atoms with Crippen LogP contribution in [0, 0.1) is 6.92 Å². The highest BCUT2D eigenvalue weighted by Crippen LogP contribution is 2.22. The fraction of sp³-hybridized carbons (Fsp3) is 0.143. The van der Waals surface area contributed by atoms with E-state index >= 15 is 0 Å². The van der Waals surface area contributed by atoms with Crippen LogP contribution in [0.2, 0.25) is 0 Å². The molecule has 2 N–H and O–H groups in total. The molecule has 2 aromatic carbocycles. The lowest BCUT2D eigenvalue weighted by molar-refractivity contribution is 0.248. The van der Waals surface area contributed by atoms with E-state index < -0.39 is 0 Å². The Labute approximate surface area is 161 Å². The number of carbonyl (C=O) groups excluding carboxylic acids is 1. The van der Waals surface area contributed by atoms with Crippen molar-refractivity contribution < 1.29 is 4.79 Å². The average molecular weight is 410 g/mol. The number of nitrogens with zero attached hydrogens (tertiary/aromatic N) is 1. The minimum absolute atomic E-state index is 0.221. The van der Waals surface area contributed by atoms with E-state index in [-0.39, 0.29) is 12.1 Å². The van der Waals surface area contributed by atoms with Gasteiger partial charge in [-0.2, -0.15) is 0 Å². The summed E-state index contributed by atoms with van der Waals surface area (Å²) in [5, 5.41) is 5.92. The van der Waals surface area contributed by atoms with Gasteiger partial charge < -0.3 is 10.6 Å². The molecule has 0 bridgehead atoms. The van der Waals surface area contributed by atoms with Crippen LogP contribution in [0.3, 0.4) is 0 Å². The van der Waals surface area contributed by atoms with Crippen molar-refractivity contribution in [2.75, 3.05) is 5.32 Å². The number of aromatic nitrogens is 1. The maximum Gasteiger partial charge on any atom is 0.319 e. The maximum atomic E-state index is 12.5. The first-order valence-electron chi connectivity index (χ1n) is 8.40. The molecule has 1 atom stereocenters. The number of carbonyl (C=O) groups is 1. The summed E-state index contributed by atoms with van der Waals surface area (Å²) < 4.78 is 0.836. The molecule has 26 heavy (non-hydrogen) atoms. The van der Waals surface area contributed by atoms with E-state index in [1.165, 1.54) is 5.56 Å². The van der Waals surface area contributed by atoms with Gasteiger partial charge in [0.1, 0.15) is 0 Å². The Bertz CT molecular complexity index is 866. The molecule has 0 saturated heterocycles. The van der Waals surface area contributed by atoms with Crippen molar-refractivity contribution in [2.24, 2.45) is 0 Å². The molecule has 5 heteroatoms. The largest absolute Gasteiger partial charge is 0.329 e. The monoisotopic (exact) mass is 409 g/mol. The zero-order valence-electron chi connectivity index (χ0n) is 14.4. The van der Waals surface area contributed by atoms with Crippen molar-refractivity contribution in [3.05, 3.63) is 94.2 Å². The lowest BCUT2D eigenvalue weighted by Gasteiger charge is -2.19. The zero-order chi connectivity index (χ0) is 18.4. The van der Waals surface area contributed by atoms with E-state index in [9.17, 15) is 4.79 Å². The van der Waals surface area contributed by atoms with Crippen LogP contribution in [-0.4, -0.2) is 11.0 Å². The van der Waals surface area contributed by atoms with E-state index in [1.807, 2.05) is 42.5 Å². The number of pyridine rings is 1. The summed E-state index contributed by atoms with van der Waals surface area (Å²) in [5.41, 5.74) is 3.91. The highest BCUT2D eigenvalue weighted by Gasteiger charge is 2.17. The van der Waals surface area contributed by atoms with Gasteiger partial charge in [0.15, 0.2) is 0 Å². The Balaban J connectivity index is 1.76. The number of hydrogen-bond donors (Lipinski definition) is 2. The maximum absolute atomic E-state index is 12.5. The lowest BCUT2D eigenvalue weighted by atomic mass is 10.0. The average Bonchev–Trinajstić information content (AvgIpc) is 2.65. The second kappa shape index (κ2) is 8.63. The van der Waals surface area contributed by atoms with Gasteiger partial charge in [-0.1, -0.05) is 48.0 Å². The smallest absolute Gasteiger partial charge is 0.319 e. The van der Waals surface area contributed by atoms with Gasteiger partial charge in [0.05, 0.1) is 17.4 Å². The molecule has 3 aromatic rings. The fourth-order valence-electron chi connectivity index (χ4n) is 2.65. The number of amides is 2. The minimum atomic E-state index is -0.264. The number of urea groups is 1. The second-order valence-corrected chi connectivity index (χ2v) is 6.93. The number of benzene rings is 2. The Morgan fingerprint density at radius 3 is 2.46 bits per heavy atom. The van der Waals surface area contributed by atoms with Gasteiger partial charge in [-0.3, -0.25) is 4.98 Å². The fourth-order valence-corrected chi connectivity index (χ4v) is 3.03. The van der Waals surface area contributed by atoms with Crippen LogP contribution in [0.15, 0.2) is 77.4 Å². The van der Waals surface area contributed by atoms with Crippen molar-refractivity contribution in [2.45, 2.75) is 19.4 Å². The van der Waals surface area contributed by atoms with Crippen LogP contribution in [0.25, 0.3) is 0 Å². The Morgan fingerprint density at radius 1 is 1.04 bits per heavy atom. The van der Waals surface area contributed by atoms with Gasteiger partial charge >= 0.3 is 6.03 Å². The Kier molecular flexibility index (Phi) is 6.02. The van der Waals surface area contributed by atoms with E-state index in [1.54, 1.807) is 6.20 Å². The summed E-state index contributed by atoms with van der Waals surface area (Å²) in [7, 11) is 0. The molecule has 1 aromatic heterocycles. The van der Waals surface area contributed by atoms with Gasteiger partial charge in [0.25, 0.3) is 0 Å². The summed E-state index contributed by atoms with van der Waals surface area (Å²) in [6.45, 7) is 2.06. The molecule has 1 unspecified atom stereocenters. The van der Waals surface area contributed by atoms with Crippen LogP contribution < -0.4 is 10.6 Å². The standard InChI is InChI=1S/C21H20BrN3O/c1-15-9-11-16(12-10-15)14-20(19-8-4-5-13-23-19)25-21(26)24-18-7-3-2-6-17(18)22/h2-13,20H,14H2,1H3,(H2,24,25,26). The first-order chi connectivity index (χ1) is 12.6. The normalized spacial score (nSPS) is 11.6. The van der Waals surface area contributed by atoms with Gasteiger partial charge in [-0.05, 0) is 59.1 Å². The quantitative estimate of drug-likeness (QED) is 0.603. The highest BCUT2D eigenvalue weighted by atomic mass is 79.9. The predicted octanol–water partition coefficient (Wildman–Crippen LogP) is 5.26. The molecular formula is C21H20BrN3O. The number of anilines is 1. The summed E-state index contributed by atoms with van der Waals surface area (Å²) in [6, 6.07) is 21.1. The third-order valence-electron chi connectivity index (χ3n) is 4.03. The third kappa shape index (κ3) is 4.92. The number of aryl methyl sites for hydroxylation is 1. The van der Waals surface area contributed by atoms with Crippen molar-refractivity contribution in [3.8, 4) is 0 Å². The molecule has 0 aliphatic rings. The molecular weight excluding hydrogens is 390 g/mol.